The van der Waals surface area contributed by atoms with Crippen LogP contribution in [-0.4, -0.2) is 48.7 Å². The molecule has 1 amide bonds. The van der Waals surface area contributed by atoms with Gasteiger partial charge in [0.05, 0.1) is 20.9 Å². The van der Waals surface area contributed by atoms with Crippen molar-refractivity contribution in [2.75, 3.05) is 23.3 Å². The van der Waals surface area contributed by atoms with Gasteiger partial charge >= 0.3 is 0 Å². The number of nitro groups is 1. The third-order valence-electron chi connectivity index (χ3n) is 5.48. The van der Waals surface area contributed by atoms with E-state index in [-0.39, 0.29) is 11.3 Å². The maximum atomic E-state index is 13.1. The largest absolute Gasteiger partial charge is 0.354 e. The van der Waals surface area contributed by atoms with Crippen molar-refractivity contribution in [2.24, 2.45) is 7.05 Å². The number of carbonyl (C=O) groups excluding carboxylic acids is 1. The van der Waals surface area contributed by atoms with Crippen molar-refractivity contribution in [3.63, 3.8) is 0 Å². The van der Waals surface area contributed by atoms with Crippen LogP contribution in [0.3, 0.4) is 0 Å². The topological polar surface area (TPSA) is 132 Å². The zero-order valence-corrected chi connectivity index (χ0v) is 19.0. The number of benzene rings is 2. The number of aryl methyl sites for hydroxylation is 1. The SMILES string of the molecule is Cn1cnnc1Sc1ccc(C(=O)Nc2nc3ccccc3nc2N2CCCC2)cc1[N+](=O)[O-]. The normalized spacial score (nSPS) is 13.4. The predicted octanol–water partition coefficient (Wildman–Crippen LogP) is 3.67. The van der Waals surface area contributed by atoms with Crippen LogP contribution >= 0.6 is 11.8 Å². The molecule has 172 valence electrons. The van der Waals surface area contributed by atoms with Crippen molar-refractivity contribution in [1.82, 2.24) is 24.7 Å². The average molecular weight is 477 g/mol. The van der Waals surface area contributed by atoms with Crippen LogP contribution in [-0.2, 0) is 7.05 Å². The van der Waals surface area contributed by atoms with Gasteiger partial charge in [-0.2, -0.15) is 0 Å². The van der Waals surface area contributed by atoms with Gasteiger partial charge in [-0.05, 0) is 48.9 Å². The quantitative estimate of drug-likeness (QED) is 0.327. The molecule has 12 heteroatoms. The number of amides is 1. The van der Waals surface area contributed by atoms with Crippen molar-refractivity contribution in [3.8, 4) is 0 Å². The summed E-state index contributed by atoms with van der Waals surface area (Å²) < 4.78 is 1.66. The van der Waals surface area contributed by atoms with E-state index in [0.717, 1.165) is 43.2 Å². The molecule has 1 fully saturated rings. The number of carbonyl (C=O) groups is 1. The summed E-state index contributed by atoms with van der Waals surface area (Å²) in [4.78, 5) is 36.2. The van der Waals surface area contributed by atoms with Crippen LogP contribution in [0.4, 0.5) is 17.3 Å². The van der Waals surface area contributed by atoms with E-state index in [9.17, 15) is 14.9 Å². The van der Waals surface area contributed by atoms with E-state index in [1.807, 2.05) is 24.3 Å². The Morgan fingerprint density at radius 3 is 2.53 bits per heavy atom. The van der Waals surface area contributed by atoms with Gasteiger partial charge in [-0.3, -0.25) is 14.9 Å². The third-order valence-corrected chi connectivity index (χ3v) is 6.60. The van der Waals surface area contributed by atoms with Crippen LogP contribution < -0.4 is 10.2 Å². The number of anilines is 2. The fraction of sp³-hybridized carbons (Fsp3) is 0.227. The summed E-state index contributed by atoms with van der Waals surface area (Å²) in [6.07, 6.45) is 3.59. The summed E-state index contributed by atoms with van der Waals surface area (Å²) in [5, 5.41) is 22.8. The minimum atomic E-state index is -0.513. The predicted molar refractivity (Wildman–Crippen MR) is 127 cm³/mol. The molecule has 3 heterocycles. The molecule has 0 bridgehead atoms. The number of fused-ring (bicyclic) bond motifs is 1. The Labute approximate surface area is 198 Å². The molecule has 0 atom stereocenters. The first-order valence-electron chi connectivity index (χ1n) is 10.6. The Morgan fingerprint density at radius 2 is 1.85 bits per heavy atom. The number of nitrogens with zero attached hydrogens (tertiary/aromatic N) is 7. The third kappa shape index (κ3) is 4.27. The van der Waals surface area contributed by atoms with E-state index in [2.05, 4.69) is 25.4 Å². The standard InChI is InChI=1S/C22H20N8O3S/c1-28-13-23-27-22(28)34-18-9-8-14(12-17(18)30(32)33)21(31)26-19-20(29-10-4-5-11-29)25-16-7-3-2-6-15(16)24-19/h2-3,6-9,12-13H,4-5,10-11H2,1H3,(H,24,26,31). The van der Waals surface area contributed by atoms with Crippen LogP contribution in [0.2, 0.25) is 0 Å². The number of hydrogen-bond donors (Lipinski definition) is 1. The Kier molecular flexibility index (Phi) is 5.80. The van der Waals surface area contributed by atoms with Gasteiger partial charge in [-0.15, -0.1) is 10.2 Å². The summed E-state index contributed by atoms with van der Waals surface area (Å²) in [5.74, 6) is 0.447. The van der Waals surface area contributed by atoms with Crippen molar-refractivity contribution in [1.29, 1.82) is 0 Å². The van der Waals surface area contributed by atoms with E-state index >= 15 is 0 Å². The molecule has 0 saturated carbocycles. The molecule has 1 aliphatic heterocycles. The number of para-hydroxylation sites is 2. The smallest absolute Gasteiger partial charge is 0.284 e. The molecule has 1 aliphatic rings. The number of nitrogens with one attached hydrogen (secondary N) is 1. The van der Waals surface area contributed by atoms with Crippen molar-refractivity contribution < 1.29 is 9.72 Å². The molecule has 5 rings (SSSR count). The van der Waals surface area contributed by atoms with E-state index in [1.54, 1.807) is 23.7 Å². The monoisotopic (exact) mass is 476 g/mol. The molecule has 0 radical (unpaired) electrons. The van der Waals surface area contributed by atoms with Gasteiger partial charge < -0.3 is 14.8 Å². The second-order valence-corrected chi connectivity index (χ2v) is 8.81. The number of aromatic nitrogens is 5. The van der Waals surface area contributed by atoms with Crippen molar-refractivity contribution in [2.45, 2.75) is 22.9 Å². The Hall–Kier alpha value is -4.06. The molecule has 2 aromatic carbocycles. The highest BCUT2D eigenvalue weighted by atomic mass is 32.2. The van der Waals surface area contributed by atoms with Gasteiger partial charge in [0.1, 0.15) is 6.33 Å². The van der Waals surface area contributed by atoms with Gasteiger partial charge in [0.25, 0.3) is 11.6 Å². The number of nitro benzene ring substituents is 1. The molecule has 4 aromatic rings. The van der Waals surface area contributed by atoms with E-state index in [0.29, 0.717) is 27.2 Å². The van der Waals surface area contributed by atoms with Crippen molar-refractivity contribution >= 4 is 46.0 Å². The van der Waals surface area contributed by atoms with Crippen LogP contribution in [0, 0.1) is 10.1 Å². The van der Waals surface area contributed by atoms with E-state index in [4.69, 9.17) is 4.98 Å². The minimum Gasteiger partial charge on any atom is -0.354 e. The summed E-state index contributed by atoms with van der Waals surface area (Å²) >= 11 is 1.11. The summed E-state index contributed by atoms with van der Waals surface area (Å²) in [5.41, 5.74) is 1.35. The summed E-state index contributed by atoms with van der Waals surface area (Å²) in [6.45, 7) is 1.66. The summed E-state index contributed by atoms with van der Waals surface area (Å²) in [6, 6.07) is 11.8. The first-order chi connectivity index (χ1) is 16.5. The van der Waals surface area contributed by atoms with Crippen molar-refractivity contribution in [3.05, 3.63) is 64.5 Å². The molecule has 1 saturated heterocycles. The van der Waals surface area contributed by atoms with Gasteiger partial charge in [0, 0.05) is 31.8 Å². The molecule has 11 nitrogen and oxygen atoms in total. The van der Waals surface area contributed by atoms with Gasteiger partial charge in [-0.1, -0.05) is 12.1 Å². The van der Waals surface area contributed by atoms with Crippen LogP contribution in [0.1, 0.15) is 23.2 Å². The van der Waals surface area contributed by atoms with Gasteiger partial charge in [-0.25, -0.2) is 9.97 Å². The minimum absolute atomic E-state index is 0.149. The van der Waals surface area contributed by atoms with Crippen LogP contribution in [0.25, 0.3) is 11.0 Å². The maximum absolute atomic E-state index is 13.1. The first-order valence-corrected chi connectivity index (χ1v) is 11.4. The molecular formula is C22H20N8O3S. The Morgan fingerprint density at radius 1 is 1.12 bits per heavy atom. The molecule has 34 heavy (non-hydrogen) atoms. The lowest BCUT2D eigenvalue weighted by atomic mass is 10.2. The molecule has 2 aromatic heterocycles. The molecule has 0 unspecified atom stereocenters. The zero-order chi connectivity index (χ0) is 23.7. The fourth-order valence-electron chi connectivity index (χ4n) is 3.75. The average Bonchev–Trinajstić information content (AvgIpc) is 3.51. The Bertz CT molecular complexity index is 1400. The Balaban J connectivity index is 1.47. The summed E-state index contributed by atoms with van der Waals surface area (Å²) in [7, 11) is 1.75. The van der Waals surface area contributed by atoms with Gasteiger partial charge in [0.2, 0.25) is 0 Å². The molecular weight excluding hydrogens is 456 g/mol. The fourth-order valence-corrected chi connectivity index (χ4v) is 4.60. The molecule has 0 spiro atoms. The van der Waals surface area contributed by atoms with E-state index in [1.165, 1.54) is 12.4 Å². The van der Waals surface area contributed by atoms with E-state index < -0.39 is 10.8 Å². The second-order valence-electron chi connectivity index (χ2n) is 7.80. The highest BCUT2D eigenvalue weighted by molar-refractivity contribution is 7.99. The maximum Gasteiger partial charge on any atom is 0.284 e. The second kappa shape index (κ2) is 9.06. The lowest BCUT2D eigenvalue weighted by Crippen LogP contribution is -2.23. The van der Waals surface area contributed by atoms with Crippen LogP contribution in [0.5, 0.6) is 0 Å². The highest BCUT2D eigenvalue weighted by Gasteiger charge is 2.23. The molecule has 0 aliphatic carbocycles. The first kappa shape index (κ1) is 21.8. The lowest BCUT2D eigenvalue weighted by molar-refractivity contribution is -0.387. The number of hydrogen-bond acceptors (Lipinski definition) is 9. The molecule has 1 N–H and O–H groups in total. The highest BCUT2D eigenvalue weighted by Crippen LogP contribution is 2.34. The zero-order valence-electron chi connectivity index (χ0n) is 18.2. The van der Waals surface area contributed by atoms with Gasteiger partial charge in [0.15, 0.2) is 16.8 Å². The number of rotatable bonds is 6. The lowest BCUT2D eigenvalue weighted by Gasteiger charge is -2.20. The van der Waals surface area contributed by atoms with Crippen LogP contribution in [0.15, 0.2) is 58.8 Å².